The van der Waals surface area contributed by atoms with Gasteiger partial charge in [-0.2, -0.15) is 0 Å². The molecule has 2 aromatic rings. The van der Waals surface area contributed by atoms with E-state index in [1.165, 1.54) is 16.7 Å². The Morgan fingerprint density at radius 1 is 1.00 bits per heavy atom. The molecule has 0 unspecified atom stereocenters. The minimum atomic E-state index is 0.620. The smallest absolute Gasteiger partial charge is 0.119 e. The molecule has 2 aromatic carbocycles. The van der Waals surface area contributed by atoms with E-state index in [9.17, 15) is 0 Å². The monoisotopic (exact) mass is 290 g/mol. The quantitative estimate of drug-likeness (QED) is 0.800. The van der Waals surface area contributed by atoms with E-state index in [-0.39, 0.29) is 0 Å². The van der Waals surface area contributed by atoms with Gasteiger partial charge in [-0.3, -0.25) is 0 Å². The number of aryl methyl sites for hydroxylation is 2. The molecule has 0 saturated heterocycles. The first kappa shape index (κ1) is 12.2. The lowest BCUT2D eigenvalue weighted by Crippen LogP contribution is -1.98. The normalized spacial score (nSPS) is 10.3. The van der Waals surface area contributed by atoms with Crippen molar-refractivity contribution in [2.45, 2.75) is 20.5 Å². The van der Waals surface area contributed by atoms with Gasteiger partial charge in [-0.15, -0.1) is 0 Å². The van der Waals surface area contributed by atoms with E-state index in [2.05, 4.69) is 48.0 Å². The average Bonchev–Trinajstić information content (AvgIpc) is 2.32. The van der Waals surface area contributed by atoms with E-state index in [0.717, 1.165) is 10.2 Å². The zero-order valence-electron chi connectivity index (χ0n) is 10.0. The van der Waals surface area contributed by atoms with Gasteiger partial charge in [0, 0.05) is 4.47 Å². The predicted octanol–water partition coefficient (Wildman–Crippen LogP) is 4.64. The van der Waals surface area contributed by atoms with Crippen molar-refractivity contribution in [3.8, 4) is 5.75 Å². The van der Waals surface area contributed by atoms with Gasteiger partial charge in [-0.25, -0.2) is 0 Å². The van der Waals surface area contributed by atoms with Crippen LogP contribution in [0.4, 0.5) is 0 Å². The summed E-state index contributed by atoms with van der Waals surface area (Å²) < 4.78 is 6.83. The van der Waals surface area contributed by atoms with E-state index in [1.807, 2.05) is 24.3 Å². The van der Waals surface area contributed by atoms with Crippen LogP contribution in [0.1, 0.15) is 16.7 Å². The lowest BCUT2D eigenvalue weighted by Gasteiger charge is -2.09. The van der Waals surface area contributed by atoms with Crippen LogP contribution in [0.5, 0.6) is 5.75 Å². The molecule has 0 fully saturated rings. The average molecular weight is 291 g/mol. The maximum absolute atomic E-state index is 5.76. The summed E-state index contributed by atoms with van der Waals surface area (Å²) in [4.78, 5) is 0. The van der Waals surface area contributed by atoms with Crippen molar-refractivity contribution in [3.05, 3.63) is 63.6 Å². The Kier molecular flexibility index (Phi) is 3.85. The Hall–Kier alpha value is -1.28. The molecule has 0 aliphatic rings. The van der Waals surface area contributed by atoms with Crippen molar-refractivity contribution in [2.75, 3.05) is 0 Å². The Morgan fingerprint density at radius 3 is 2.41 bits per heavy atom. The third-order valence-electron chi connectivity index (χ3n) is 2.71. The lowest BCUT2D eigenvalue weighted by molar-refractivity contribution is 0.305. The molecule has 88 valence electrons. The second kappa shape index (κ2) is 5.37. The van der Waals surface area contributed by atoms with E-state index in [1.54, 1.807) is 0 Å². The molecule has 2 heteroatoms. The topological polar surface area (TPSA) is 9.23 Å². The Balaban J connectivity index is 2.07. The molecule has 0 saturated carbocycles. The fourth-order valence-corrected chi connectivity index (χ4v) is 1.91. The molecule has 1 nitrogen and oxygen atoms in total. The van der Waals surface area contributed by atoms with Crippen LogP contribution >= 0.6 is 15.9 Å². The maximum Gasteiger partial charge on any atom is 0.119 e. The summed E-state index contributed by atoms with van der Waals surface area (Å²) in [5, 5.41) is 0. The van der Waals surface area contributed by atoms with Gasteiger partial charge in [0.1, 0.15) is 12.4 Å². The van der Waals surface area contributed by atoms with Gasteiger partial charge < -0.3 is 4.74 Å². The van der Waals surface area contributed by atoms with Gasteiger partial charge in [0.25, 0.3) is 0 Å². The van der Waals surface area contributed by atoms with E-state index >= 15 is 0 Å². The Labute approximate surface area is 111 Å². The number of benzene rings is 2. The fourth-order valence-electron chi connectivity index (χ4n) is 1.65. The number of rotatable bonds is 3. The maximum atomic E-state index is 5.76. The molecular formula is C15H15BrO. The first-order valence-electron chi connectivity index (χ1n) is 5.59. The van der Waals surface area contributed by atoms with Crippen molar-refractivity contribution in [2.24, 2.45) is 0 Å². The summed E-state index contributed by atoms with van der Waals surface area (Å²) in [6, 6.07) is 14.3. The molecule has 0 amide bonds. The Bertz CT molecular complexity index is 503. The summed E-state index contributed by atoms with van der Waals surface area (Å²) in [5.41, 5.74) is 3.78. The summed E-state index contributed by atoms with van der Waals surface area (Å²) in [7, 11) is 0. The summed E-state index contributed by atoms with van der Waals surface area (Å²) in [5.74, 6) is 0.897. The van der Waals surface area contributed by atoms with E-state index in [0.29, 0.717) is 6.61 Å². The summed E-state index contributed by atoms with van der Waals surface area (Å²) >= 11 is 3.41. The van der Waals surface area contributed by atoms with Crippen LogP contribution < -0.4 is 4.74 Å². The standard InChI is InChI=1S/C15H15BrO/c1-11-3-4-12(2)13(9-11)10-17-15-7-5-14(16)6-8-15/h3-9H,10H2,1-2H3. The second-order valence-electron chi connectivity index (χ2n) is 4.17. The number of halogens is 1. The molecule has 0 heterocycles. The highest BCUT2D eigenvalue weighted by molar-refractivity contribution is 9.10. The third kappa shape index (κ3) is 3.34. The van der Waals surface area contributed by atoms with Crippen LogP contribution in [-0.4, -0.2) is 0 Å². The van der Waals surface area contributed by atoms with Crippen molar-refractivity contribution in [3.63, 3.8) is 0 Å². The van der Waals surface area contributed by atoms with Crippen molar-refractivity contribution in [1.29, 1.82) is 0 Å². The summed E-state index contributed by atoms with van der Waals surface area (Å²) in [6.07, 6.45) is 0. The van der Waals surface area contributed by atoms with E-state index in [4.69, 9.17) is 4.74 Å². The molecule has 0 N–H and O–H groups in total. The zero-order chi connectivity index (χ0) is 12.3. The molecular weight excluding hydrogens is 276 g/mol. The van der Waals surface area contributed by atoms with Gasteiger partial charge in [-0.05, 0) is 49.2 Å². The highest BCUT2D eigenvalue weighted by Crippen LogP contribution is 2.18. The minimum Gasteiger partial charge on any atom is -0.489 e. The number of hydrogen-bond acceptors (Lipinski definition) is 1. The van der Waals surface area contributed by atoms with Crippen LogP contribution in [0.15, 0.2) is 46.9 Å². The predicted molar refractivity (Wildman–Crippen MR) is 74.4 cm³/mol. The fraction of sp³-hybridized carbons (Fsp3) is 0.200. The highest BCUT2D eigenvalue weighted by Gasteiger charge is 2.00. The second-order valence-corrected chi connectivity index (χ2v) is 5.09. The van der Waals surface area contributed by atoms with Gasteiger partial charge in [0.2, 0.25) is 0 Å². The minimum absolute atomic E-state index is 0.620. The zero-order valence-corrected chi connectivity index (χ0v) is 11.6. The Morgan fingerprint density at radius 2 is 1.71 bits per heavy atom. The number of hydrogen-bond donors (Lipinski definition) is 0. The molecule has 0 aliphatic heterocycles. The van der Waals surface area contributed by atoms with Crippen molar-refractivity contribution >= 4 is 15.9 Å². The van der Waals surface area contributed by atoms with Crippen LogP contribution in [0.2, 0.25) is 0 Å². The molecule has 0 aromatic heterocycles. The molecule has 0 atom stereocenters. The van der Waals surface area contributed by atoms with Crippen molar-refractivity contribution < 1.29 is 4.74 Å². The molecule has 0 spiro atoms. The first-order chi connectivity index (χ1) is 8.15. The number of ether oxygens (including phenoxy) is 1. The van der Waals surface area contributed by atoms with Gasteiger partial charge in [0.15, 0.2) is 0 Å². The highest BCUT2D eigenvalue weighted by atomic mass is 79.9. The van der Waals surface area contributed by atoms with Crippen LogP contribution in [0, 0.1) is 13.8 Å². The van der Waals surface area contributed by atoms with E-state index < -0.39 is 0 Å². The van der Waals surface area contributed by atoms with Gasteiger partial charge >= 0.3 is 0 Å². The third-order valence-corrected chi connectivity index (χ3v) is 3.24. The van der Waals surface area contributed by atoms with Gasteiger partial charge in [-0.1, -0.05) is 39.7 Å². The molecule has 0 bridgehead atoms. The van der Waals surface area contributed by atoms with Gasteiger partial charge in [0.05, 0.1) is 0 Å². The lowest BCUT2D eigenvalue weighted by atomic mass is 10.1. The largest absolute Gasteiger partial charge is 0.489 e. The molecule has 17 heavy (non-hydrogen) atoms. The SMILES string of the molecule is Cc1ccc(C)c(COc2ccc(Br)cc2)c1. The van der Waals surface area contributed by atoms with Crippen LogP contribution in [0.3, 0.4) is 0 Å². The summed E-state index contributed by atoms with van der Waals surface area (Å²) in [6.45, 7) is 4.83. The first-order valence-corrected chi connectivity index (χ1v) is 6.39. The van der Waals surface area contributed by atoms with Crippen LogP contribution in [-0.2, 0) is 6.61 Å². The molecule has 0 radical (unpaired) electrons. The molecule has 0 aliphatic carbocycles. The van der Waals surface area contributed by atoms with Crippen molar-refractivity contribution in [1.82, 2.24) is 0 Å². The molecule has 2 rings (SSSR count). The van der Waals surface area contributed by atoms with Crippen LogP contribution in [0.25, 0.3) is 0 Å².